The van der Waals surface area contributed by atoms with Gasteiger partial charge in [-0.1, -0.05) is 96.1 Å². The fourth-order valence-electron chi connectivity index (χ4n) is 3.71. The minimum absolute atomic E-state index is 0.154. The Morgan fingerprint density at radius 1 is 0.919 bits per heavy atom. The van der Waals surface area contributed by atoms with E-state index >= 15 is 0 Å². The lowest BCUT2D eigenvalue weighted by Gasteiger charge is -2.18. The Balaban J connectivity index is 1.91. The van der Waals surface area contributed by atoms with Crippen LogP contribution in [-0.4, -0.2) is 21.6 Å². The first kappa shape index (κ1) is 26.7. The summed E-state index contributed by atoms with van der Waals surface area (Å²) in [6, 6.07) is 21.8. The average Bonchev–Trinajstić information content (AvgIpc) is 3.22. The zero-order valence-electron chi connectivity index (χ0n) is 21.5. The lowest BCUT2D eigenvalue weighted by atomic mass is 10.1. The molecule has 0 aliphatic carbocycles. The van der Waals surface area contributed by atoms with E-state index in [-0.39, 0.29) is 10.6 Å². The van der Waals surface area contributed by atoms with Gasteiger partial charge in [-0.15, -0.1) is 5.73 Å². The number of aromatic nitrogens is 1. The van der Waals surface area contributed by atoms with Gasteiger partial charge in [-0.3, -0.25) is 4.72 Å². The van der Waals surface area contributed by atoms with Gasteiger partial charge in [-0.25, -0.2) is 8.42 Å². The molecule has 0 radical (unpaired) electrons. The molecule has 5 nitrogen and oxygen atoms in total. The smallest absolute Gasteiger partial charge is 0.262 e. The number of halogens is 1. The highest BCUT2D eigenvalue weighted by Crippen LogP contribution is 2.39. The molecule has 1 heterocycles. The number of hydrogen-bond donors (Lipinski definition) is 1. The van der Waals surface area contributed by atoms with Gasteiger partial charge >= 0.3 is 0 Å². The van der Waals surface area contributed by atoms with E-state index < -0.39 is 18.1 Å². The van der Waals surface area contributed by atoms with Crippen LogP contribution in [0.5, 0.6) is 0 Å². The van der Waals surface area contributed by atoms with Crippen molar-refractivity contribution in [3.63, 3.8) is 0 Å². The molecule has 4 aromatic rings. The second kappa shape index (κ2) is 10.6. The lowest BCUT2D eigenvalue weighted by molar-refractivity contribution is 0.414. The molecule has 8 heteroatoms. The fraction of sp³-hybridized carbons (Fsp3) is 0.172. The van der Waals surface area contributed by atoms with E-state index in [1.54, 1.807) is 48.5 Å². The van der Waals surface area contributed by atoms with Crippen molar-refractivity contribution < 1.29 is 12.9 Å². The molecule has 0 spiro atoms. The monoisotopic (exact) mass is 548 g/mol. The normalized spacial score (nSPS) is 11.6. The maximum absolute atomic E-state index is 13.5. The molecular formula is C29H29ClN2O3SSi. The quantitative estimate of drug-likeness (QED) is 0.188. The molecule has 0 unspecified atom stereocenters. The third-order valence-corrected chi connectivity index (χ3v) is 9.30. The van der Waals surface area contributed by atoms with Crippen LogP contribution in [0.25, 0.3) is 22.5 Å². The molecule has 1 aromatic heterocycles. The van der Waals surface area contributed by atoms with Gasteiger partial charge in [-0.2, -0.15) is 0 Å². The summed E-state index contributed by atoms with van der Waals surface area (Å²) in [5.74, 6) is 0.364. The molecule has 0 bridgehead atoms. The van der Waals surface area contributed by atoms with E-state index in [0.29, 0.717) is 22.0 Å². The molecule has 0 aliphatic heterocycles. The zero-order chi connectivity index (χ0) is 26.8. The van der Waals surface area contributed by atoms with E-state index in [1.807, 2.05) is 44.2 Å². The highest BCUT2D eigenvalue weighted by molar-refractivity contribution is 7.92. The van der Waals surface area contributed by atoms with Crippen molar-refractivity contribution in [2.75, 3.05) is 4.72 Å². The van der Waals surface area contributed by atoms with Crippen LogP contribution in [0.2, 0.25) is 24.7 Å². The van der Waals surface area contributed by atoms with E-state index in [4.69, 9.17) is 16.1 Å². The Labute approximate surface area is 224 Å². The summed E-state index contributed by atoms with van der Waals surface area (Å²) >= 11 is 6.09. The Morgan fingerprint density at radius 3 is 2.05 bits per heavy atom. The maximum atomic E-state index is 13.5. The highest BCUT2D eigenvalue weighted by Gasteiger charge is 2.31. The minimum atomic E-state index is -3.92. The third kappa shape index (κ3) is 6.32. The Bertz CT molecular complexity index is 1580. The van der Waals surface area contributed by atoms with Crippen molar-refractivity contribution in [3.8, 4) is 11.3 Å². The van der Waals surface area contributed by atoms with Crippen molar-refractivity contribution >= 4 is 46.7 Å². The largest absolute Gasteiger partial charge is 0.353 e. The Morgan fingerprint density at radius 2 is 1.49 bits per heavy atom. The van der Waals surface area contributed by atoms with Gasteiger partial charge in [0.25, 0.3) is 10.0 Å². The van der Waals surface area contributed by atoms with Gasteiger partial charge in [0.05, 0.1) is 13.0 Å². The first-order valence-corrected chi connectivity index (χ1v) is 17.2. The summed E-state index contributed by atoms with van der Waals surface area (Å²) in [4.78, 5) is 0.154. The fourth-order valence-corrected chi connectivity index (χ4v) is 6.27. The number of nitrogens with one attached hydrogen (secondary N) is 1. The second-order valence-electron chi connectivity index (χ2n) is 9.99. The standard InChI is InChI=1S/C29H29ClN2O3SSi/c1-20-6-10-22(11-7-20)12-19-26(37(3,4)5)29-28(27(31-35-29)23-13-15-24(30)16-14-23)32-36(33,34)25-17-8-21(2)9-18-25/h6-18,32H,1-5H3. The van der Waals surface area contributed by atoms with E-state index in [2.05, 4.69) is 35.3 Å². The molecule has 3 aromatic carbocycles. The molecule has 4 rings (SSSR count). The Hall–Kier alpha value is -3.35. The Kier molecular flexibility index (Phi) is 7.62. The zero-order valence-corrected chi connectivity index (χ0v) is 24.0. The van der Waals surface area contributed by atoms with Crippen LogP contribution in [0, 0.1) is 13.8 Å². The number of anilines is 1. The van der Waals surface area contributed by atoms with Crippen molar-refractivity contribution in [1.82, 2.24) is 5.16 Å². The summed E-state index contributed by atoms with van der Waals surface area (Å²) in [5.41, 5.74) is 7.89. The molecule has 37 heavy (non-hydrogen) atoms. The first-order valence-electron chi connectivity index (χ1n) is 11.8. The van der Waals surface area contributed by atoms with Crippen LogP contribution in [-0.2, 0) is 10.0 Å². The van der Waals surface area contributed by atoms with Crippen LogP contribution in [0.3, 0.4) is 0 Å². The summed E-state index contributed by atoms with van der Waals surface area (Å²) in [7, 11) is -6.02. The molecule has 0 aliphatic rings. The number of hydrogen-bond acceptors (Lipinski definition) is 4. The van der Waals surface area contributed by atoms with Crippen LogP contribution < -0.4 is 4.72 Å². The maximum Gasteiger partial charge on any atom is 0.262 e. The predicted octanol–water partition coefficient (Wildman–Crippen LogP) is 7.99. The van der Waals surface area contributed by atoms with Crippen molar-refractivity contribution in [2.45, 2.75) is 38.4 Å². The van der Waals surface area contributed by atoms with Crippen LogP contribution in [0.4, 0.5) is 5.69 Å². The number of benzene rings is 3. The van der Waals surface area contributed by atoms with Gasteiger partial charge in [0.2, 0.25) is 0 Å². The summed E-state index contributed by atoms with van der Waals surface area (Å²) in [6.45, 7) is 10.4. The molecule has 0 saturated carbocycles. The second-order valence-corrected chi connectivity index (χ2v) is 17.1. The predicted molar refractivity (Wildman–Crippen MR) is 155 cm³/mol. The lowest BCUT2D eigenvalue weighted by Crippen LogP contribution is -2.23. The molecule has 1 N–H and O–H groups in total. The number of rotatable bonds is 7. The van der Waals surface area contributed by atoms with Gasteiger partial charge < -0.3 is 4.52 Å². The molecule has 0 atom stereocenters. The van der Waals surface area contributed by atoms with Crippen LogP contribution >= 0.6 is 11.6 Å². The summed E-state index contributed by atoms with van der Waals surface area (Å²) in [6.07, 6.45) is 1.90. The topological polar surface area (TPSA) is 72.2 Å². The van der Waals surface area contributed by atoms with Crippen LogP contribution in [0.1, 0.15) is 22.5 Å². The van der Waals surface area contributed by atoms with E-state index in [9.17, 15) is 8.42 Å². The first-order chi connectivity index (χ1) is 17.4. The third-order valence-electron chi connectivity index (χ3n) is 5.82. The van der Waals surface area contributed by atoms with E-state index in [0.717, 1.165) is 16.3 Å². The van der Waals surface area contributed by atoms with Gasteiger partial charge in [-0.05, 0) is 49.8 Å². The molecule has 190 valence electrons. The molecule has 0 saturated heterocycles. The van der Waals surface area contributed by atoms with Crippen molar-refractivity contribution in [3.05, 3.63) is 106 Å². The molecular weight excluding hydrogens is 520 g/mol. The number of sulfonamides is 1. The highest BCUT2D eigenvalue weighted by atomic mass is 35.5. The SMILES string of the molecule is Cc1ccc(C=C=C(c2onc(-c3ccc(Cl)cc3)c2NS(=O)(=O)c2ccc(C)cc2)[Si](C)(C)C)cc1. The van der Waals surface area contributed by atoms with Crippen molar-refractivity contribution in [1.29, 1.82) is 0 Å². The summed E-state index contributed by atoms with van der Waals surface area (Å²) < 4.78 is 35.6. The van der Waals surface area contributed by atoms with Crippen molar-refractivity contribution in [2.24, 2.45) is 0 Å². The molecule has 0 amide bonds. The average molecular weight is 549 g/mol. The van der Waals surface area contributed by atoms with E-state index in [1.165, 1.54) is 5.56 Å². The molecule has 0 fully saturated rings. The number of aryl methyl sites for hydroxylation is 2. The number of nitrogens with zero attached hydrogens (tertiary/aromatic N) is 1. The minimum Gasteiger partial charge on any atom is -0.353 e. The van der Waals surface area contributed by atoms with Gasteiger partial charge in [0, 0.05) is 15.8 Å². The summed E-state index contributed by atoms with van der Waals surface area (Å²) in [5, 5.41) is 5.69. The van der Waals surface area contributed by atoms with Gasteiger partial charge in [0.1, 0.15) is 11.4 Å². The van der Waals surface area contributed by atoms with Gasteiger partial charge in [0.15, 0.2) is 5.76 Å². The van der Waals surface area contributed by atoms with Crippen LogP contribution in [0.15, 0.2) is 87.9 Å².